The van der Waals surface area contributed by atoms with Crippen LogP contribution in [0.2, 0.25) is 0 Å². The van der Waals surface area contributed by atoms with Crippen LogP contribution < -0.4 is 10.6 Å². The fourth-order valence-corrected chi connectivity index (χ4v) is 1.50. The van der Waals surface area contributed by atoms with Crippen LogP contribution in [0, 0.1) is 10.8 Å². The SMILES string of the molecule is CNCC1(CNC(=O)C(C)(C)C)CC1. The second kappa shape index (κ2) is 3.89. The molecule has 14 heavy (non-hydrogen) atoms. The Labute approximate surface area is 86.6 Å². The molecule has 0 unspecified atom stereocenters. The van der Waals surface area contributed by atoms with Gasteiger partial charge in [-0.25, -0.2) is 0 Å². The van der Waals surface area contributed by atoms with Gasteiger partial charge in [-0.1, -0.05) is 20.8 Å². The van der Waals surface area contributed by atoms with Gasteiger partial charge in [0, 0.05) is 23.9 Å². The molecule has 0 atom stereocenters. The van der Waals surface area contributed by atoms with Crippen LogP contribution in [-0.2, 0) is 4.79 Å². The average molecular weight is 198 g/mol. The summed E-state index contributed by atoms with van der Waals surface area (Å²) in [5.74, 6) is 0.153. The molecule has 3 nitrogen and oxygen atoms in total. The first-order chi connectivity index (χ1) is 6.40. The normalized spacial score (nSPS) is 19.1. The standard InChI is InChI=1S/C11H22N2O/c1-10(2,3)9(14)13-8-11(5-6-11)7-12-4/h12H,5-8H2,1-4H3,(H,13,14). The largest absolute Gasteiger partial charge is 0.355 e. The molecule has 1 fully saturated rings. The lowest BCUT2D eigenvalue weighted by atomic mass is 9.95. The molecule has 1 amide bonds. The van der Waals surface area contributed by atoms with Crippen LogP contribution in [0.15, 0.2) is 0 Å². The van der Waals surface area contributed by atoms with Crippen molar-refractivity contribution in [3.05, 3.63) is 0 Å². The molecule has 2 N–H and O–H groups in total. The molecule has 0 aromatic heterocycles. The van der Waals surface area contributed by atoms with Crippen molar-refractivity contribution in [2.24, 2.45) is 10.8 Å². The molecule has 0 bridgehead atoms. The van der Waals surface area contributed by atoms with E-state index in [1.807, 2.05) is 27.8 Å². The number of rotatable bonds is 4. The zero-order valence-electron chi connectivity index (χ0n) is 9.74. The first-order valence-corrected chi connectivity index (χ1v) is 5.33. The number of amides is 1. The Morgan fingerprint density at radius 1 is 1.29 bits per heavy atom. The fourth-order valence-electron chi connectivity index (χ4n) is 1.50. The van der Waals surface area contributed by atoms with Crippen LogP contribution in [-0.4, -0.2) is 26.0 Å². The Kier molecular flexibility index (Phi) is 3.20. The molecule has 1 aliphatic rings. The van der Waals surface area contributed by atoms with Crippen molar-refractivity contribution in [1.82, 2.24) is 10.6 Å². The van der Waals surface area contributed by atoms with Crippen molar-refractivity contribution in [1.29, 1.82) is 0 Å². The van der Waals surface area contributed by atoms with Crippen molar-refractivity contribution in [2.45, 2.75) is 33.6 Å². The Morgan fingerprint density at radius 2 is 1.86 bits per heavy atom. The van der Waals surface area contributed by atoms with Crippen molar-refractivity contribution in [3.63, 3.8) is 0 Å². The molecule has 3 heteroatoms. The third kappa shape index (κ3) is 2.98. The van der Waals surface area contributed by atoms with Gasteiger partial charge in [-0.05, 0) is 19.9 Å². The zero-order valence-corrected chi connectivity index (χ0v) is 9.74. The van der Waals surface area contributed by atoms with E-state index >= 15 is 0 Å². The maximum atomic E-state index is 11.6. The van der Waals surface area contributed by atoms with Crippen molar-refractivity contribution < 1.29 is 4.79 Å². The number of carbonyl (C=O) groups excluding carboxylic acids is 1. The van der Waals surface area contributed by atoms with Gasteiger partial charge in [-0.3, -0.25) is 4.79 Å². The average Bonchev–Trinajstić information content (AvgIpc) is 2.80. The fraction of sp³-hybridized carbons (Fsp3) is 0.909. The lowest BCUT2D eigenvalue weighted by molar-refractivity contribution is -0.128. The summed E-state index contributed by atoms with van der Waals surface area (Å²) in [4.78, 5) is 11.6. The summed E-state index contributed by atoms with van der Waals surface area (Å²) in [5, 5.41) is 6.21. The summed E-state index contributed by atoms with van der Waals surface area (Å²) < 4.78 is 0. The molecule has 0 saturated heterocycles. The van der Waals surface area contributed by atoms with Gasteiger partial charge in [0.25, 0.3) is 0 Å². The van der Waals surface area contributed by atoms with Crippen LogP contribution >= 0.6 is 0 Å². The van der Waals surface area contributed by atoms with Gasteiger partial charge in [0.1, 0.15) is 0 Å². The molecular formula is C11H22N2O. The minimum absolute atomic E-state index is 0.153. The summed E-state index contributed by atoms with van der Waals surface area (Å²) in [6.45, 7) is 7.67. The maximum Gasteiger partial charge on any atom is 0.225 e. The molecule has 0 aromatic carbocycles. The number of nitrogens with one attached hydrogen (secondary N) is 2. The van der Waals surface area contributed by atoms with Crippen LogP contribution in [0.3, 0.4) is 0 Å². The lowest BCUT2D eigenvalue weighted by Gasteiger charge is -2.21. The molecule has 1 rings (SSSR count). The quantitative estimate of drug-likeness (QED) is 0.711. The lowest BCUT2D eigenvalue weighted by Crippen LogP contribution is -2.40. The van der Waals surface area contributed by atoms with E-state index in [0.717, 1.165) is 13.1 Å². The van der Waals surface area contributed by atoms with Crippen molar-refractivity contribution in [2.75, 3.05) is 20.1 Å². The highest BCUT2D eigenvalue weighted by Gasteiger charge is 2.42. The van der Waals surface area contributed by atoms with Crippen LogP contribution in [0.5, 0.6) is 0 Å². The summed E-state index contributed by atoms with van der Waals surface area (Å²) in [7, 11) is 1.96. The molecule has 0 heterocycles. The van der Waals surface area contributed by atoms with E-state index in [1.165, 1.54) is 12.8 Å². The van der Waals surface area contributed by atoms with Crippen LogP contribution in [0.25, 0.3) is 0 Å². The van der Waals surface area contributed by atoms with Crippen LogP contribution in [0.1, 0.15) is 33.6 Å². The predicted octanol–water partition coefficient (Wildman–Crippen LogP) is 1.15. The molecule has 82 valence electrons. The smallest absolute Gasteiger partial charge is 0.225 e. The molecule has 0 aliphatic heterocycles. The van der Waals surface area contributed by atoms with Gasteiger partial charge < -0.3 is 10.6 Å². The number of hydrogen-bond donors (Lipinski definition) is 2. The van der Waals surface area contributed by atoms with Gasteiger partial charge in [-0.15, -0.1) is 0 Å². The Morgan fingerprint density at radius 3 is 2.21 bits per heavy atom. The highest BCUT2D eigenvalue weighted by atomic mass is 16.2. The van der Waals surface area contributed by atoms with Gasteiger partial charge >= 0.3 is 0 Å². The minimum Gasteiger partial charge on any atom is -0.355 e. The topological polar surface area (TPSA) is 41.1 Å². The Balaban J connectivity index is 2.30. The van der Waals surface area contributed by atoms with E-state index in [-0.39, 0.29) is 11.3 Å². The van der Waals surface area contributed by atoms with Gasteiger partial charge in [0.05, 0.1) is 0 Å². The van der Waals surface area contributed by atoms with E-state index in [9.17, 15) is 4.79 Å². The van der Waals surface area contributed by atoms with E-state index in [4.69, 9.17) is 0 Å². The van der Waals surface area contributed by atoms with E-state index < -0.39 is 0 Å². The van der Waals surface area contributed by atoms with Gasteiger partial charge in [0.15, 0.2) is 0 Å². The summed E-state index contributed by atoms with van der Waals surface area (Å²) in [5.41, 5.74) is 0.0887. The highest BCUT2D eigenvalue weighted by Crippen LogP contribution is 2.44. The molecule has 1 saturated carbocycles. The molecule has 0 aromatic rings. The second-order valence-corrected chi connectivity index (χ2v) is 5.46. The second-order valence-electron chi connectivity index (χ2n) is 5.46. The van der Waals surface area contributed by atoms with Gasteiger partial charge in [0.2, 0.25) is 5.91 Å². The van der Waals surface area contributed by atoms with Crippen molar-refractivity contribution in [3.8, 4) is 0 Å². The molecule has 0 spiro atoms. The number of hydrogen-bond acceptors (Lipinski definition) is 2. The maximum absolute atomic E-state index is 11.6. The highest BCUT2D eigenvalue weighted by molar-refractivity contribution is 5.81. The number of carbonyl (C=O) groups is 1. The molecule has 0 radical (unpaired) electrons. The summed E-state index contributed by atoms with van der Waals surface area (Å²) >= 11 is 0. The van der Waals surface area contributed by atoms with E-state index in [1.54, 1.807) is 0 Å². The zero-order chi connectivity index (χ0) is 10.8. The summed E-state index contributed by atoms with van der Waals surface area (Å²) in [6.07, 6.45) is 2.47. The minimum atomic E-state index is -0.268. The third-order valence-corrected chi connectivity index (χ3v) is 2.81. The third-order valence-electron chi connectivity index (χ3n) is 2.81. The molecular weight excluding hydrogens is 176 g/mol. The molecule has 1 aliphatic carbocycles. The van der Waals surface area contributed by atoms with Crippen LogP contribution in [0.4, 0.5) is 0 Å². The first kappa shape index (κ1) is 11.5. The van der Waals surface area contributed by atoms with E-state index in [2.05, 4.69) is 10.6 Å². The summed E-state index contributed by atoms with van der Waals surface area (Å²) in [6, 6.07) is 0. The first-order valence-electron chi connectivity index (χ1n) is 5.33. The van der Waals surface area contributed by atoms with Crippen molar-refractivity contribution >= 4 is 5.91 Å². The Hall–Kier alpha value is -0.570. The predicted molar refractivity (Wildman–Crippen MR) is 58.1 cm³/mol. The van der Waals surface area contributed by atoms with Gasteiger partial charge in [-0.2, -0.15) is 0 Å². The monoisotopic (exact) mass is 198 g/mol. The van der Waals surface area contributed by atoms with E-state index in [0.29, 0.717) is 5.41 Å². The Bertz CT molecular complexity index is 214.